The van der Waals surface area contributed by atoms with Gasteiger partial charge in [0.25, 0.3) is 5.91 Å². The number of carbonyl (C=O) groups excluding carboxylic acids is 3. The van der Waals surface area contributed by atoms with Crippen molar-refractivity contribution in [3.8, 4) is 0 Å². The van der Waals surface area contributed by atoms with Gasteiger partial charge < -0.3 is 15.0 Å². The summed E-state index contributed by atoms with van der Waals surface area (Å²) in [5.41, 5.74) is 6.19. The molecule has 224 valence electrons. The number of fused-ring (bicyclic) bond motifs is 2. The van der Waals surface area contributed by atoms with Crippen molar-refractivity contribution in [2.45, 2.75) is 58.8 Å². The maximum atomic E-state index is 13.4. The number of thiocarbonyl (C=S) groups is 1. The minimum absolute atomic E-state index is 0.183. The van der Waals surface area contributed by atoms with Crippen LogP contribution in [0.1, 0.15) is 59.1 Å². The molecule has 1 N–H and O–H groups in total. The first-order chi connectivity index (χ1) is 20.3. The van der Waals surface area contributed by atoms with E-state index in [1.807, 2.05) is 49.4 Å². The standard InChI is InChI=1S/C33H36N4O4S2/c1-7-41-29(39)16-17-36-25-11-9-8-10-22(25)33(5,6)27(36)15-14-26-30(40)37(31(42)43-26)19-28(38)35-21-12-13-24-23(18-21)32(3,4)20(2)34-24/h8-15,18H,7,16-17,19H2,1-6H3,(H,35,38)/b26-14+,27-15-. The molecular formula is C33H36N4O4S2. The molecular weight excluding hydrogens is 581 g/mol. The zero-order valence-corrected chi connectivity index (χ0v) is 26.9. The van der Waals surface area contributed by atoms with Crippen molar-refractivity contribution < 1.29 is 19.1 Å². The summed E-state index contributed by atoms with van der Waals surface area (Å²) >= 11 is 6.68. The van der Waals surface area contributed by atoms with Gasteiger partial charge in [-0.05, 0) is 61.4 Å². The molecule has 0 bridgehead atoms. The van der Waals surface area contributed by atoms with E-state index in [1.54, 1.807) is 13.0 Å². The van der Waals surface area contributed by atoms with E-state index in [2.05, 4.69) is 49.0 Å². The molecule has 2 amide bonds. The average molecular weight is 617 g/mol. The zero-order valence-electron chi connectivity index (χ0n) is 25.3. The predicted molar refractivity (Wildman–Crippen MR) is 177 cm³/mol. The second-order valence-corrected chi connectivity index (χ2v) is 13.5. The number of esters is 1. The Morgan fingerprint density at radius 1 is 1.05 bits per heavy atom. The minimum atomic E-state index is -0.358. The maximum absolute atomic E-state index is 13.4. The van der Waals surface area contributed by atoms with E-state index in [4.69, 9.17) is 17.0 Å². The number of rotatable bonds is 8. The summed E-state index contributed by atoms with van der Waals surface area (Å²) in [5.74, 6) is -0.899. The Labute approximate surface area is 262 Å². The van der Waals surface area contributed by atoms with Crippen molar-refractivity contribution in [3.05, 3.63) is 76.3 Å². The summed E-state index contributed by atoms with van der Waals surface area (Å²) in [4.78, 5) is 47.1. The Morgan fingerprint density at radius 3 is 2.53 bits per heavy atom. The van der Waals surface area contributed by atoms with Gasteiger partial charge >= 0.3 is 5.97 Å². The molecule has 0 spiro atoms. The number of benzene rings is 2. The van der Waals surface area contributed by atoms with Crippen molar-refractivity contribution in [1.29, 1.82) is 0 Å². The van der Waals surface area contributed by atoms with E-state index in [9.17, 15) is 14.4 Å². The number of allylic oxidation sites excluding steroid dienone is 3. The highest BCUT2D eigenvalue weighted by molar-refractivity contribution is 8.26. The van der Waals surface area contributed by atoms with E-state index in [0.29, 0.717) is 28.1 Å². The molecule has 0 unspecified atom stereocenters. The molecule has 3 heterocycles. The Bertz CT molecular complexity index is 1620. The summed E-state index contributed by atoms with van der Waals surface area (Å²) in [7, 11) is 0. The van der Waals surface area contributed by atoms with Gasteiger partial charge in [0, 0.05) is 40.2 Å². The number of nitrogens with one attached hydrogen (secondary N) is 1. The quantitative estimate of drug-likeness (QED) is 0.209. The van der Waals surface area contributed by atoms with Crippen LogP contribution in [0.3, 0.4) is 0 Å². The molecule has 2 aromatic carbocycles. The van der Waals surface area contributed by atoms with Crippen molar-refractivity contribution in [2.24, 2.45) is 4.99 Å². The molecule has 3 aliphatic rings. The van der Waals surface area contributed by atoms with Crippen molar-refractivity contribution in [2.75, 3.05) is 29.9 Å². The highest BCUT2D eigenvalue weighted by atomic mass is 32.2. The summed E-state index contributed by atoms with van der Waals surface area (Å²) in [6.45, 7) is 12.9. The number of hydrogen-bond acceptors (Lipinski definition) is 8. The summed E-state index contributed by atoms with van der Waals surface area (Å²) in [5, 5.41) is 2.91. The molecule has 2 aromatic rings. The highest BCUT2D eigenvalue weighted by Crippen LogP contribution is 2.48. The molecule has 0 aliphatic carbocycles. The number of thioether (sulfide) groups is 1. The number of hydrogen-bond donors (Lipinski definition) is 1. The van der Waals surface area contributed by atoms with Crippen LogP contribution in [0.2, 0.25) is 0 Å². The first kappa shape index (κ1) is 30.7. The molecule has 43 heavy (non-hydrogen) atoms. The van der Waals surface area contributed by atoms with Gasteiger partial charge in [0.15, 0.2) is 0 Å². The zero-order chi connectivity index (χ0) is 31.1. The topological polar surface area (TPSA) is 91.3 Å². The fraction of sp³-hybridized carbons (Fsp3) is 0.364. The second-order valence-electron chi connectivity index (χ2n) is 11.8. The molecule has 8 nitrogen and oxygen atoms in total. The first-order valence-electron chi connectivity index (χ1n) is 14.3. The molecule has 0 radical (unpaired) electrons. The fourth-order valence-corrected chi connectivity index (χ4v) is 6.89. The maximum Gasteiger partial charge on any atom is 0.307 e. The number of anilines is 2. The van der Waals surface area contributed by atoms with E-state index in [0.717, 1.165) is 33.9 Å². The van der Waals surface area contributed by atoms with E-state index in [-0.39, 0.29) is 41.6 Å². The normalized spacial score (nSPS) is 20.0. The van der Waals surface area contributed by atoms with Crippen LogP contribution in [0.15, 0.2) is 70.2 Å². The molecule has 0 atom stereocenters. The molecule has 5 rings (SSSR count). The van der Waals surface area contributed by atoms with Crippen LogP contribution < -0.4 is 10.2 Å². The van der Waals surface area contributed by atoms with Gasteiger partial charge in [0.05, 0.1) is 23.6 Å². The average Bonchev–Trinajstić information content (AvgIpc) is 3.44. The van der Waals surface area contributed by atoms with Crippen molar-refractivity contribution in [1.82, 2.24) is 4.90 Å². The molecule has 0 aromatic heterocycles. The molecule has 1 fully saturated rings. The van der Waals surface area contributed by atoms with Gasteiger partial charge in [-0.3, -0.25) is 24.3 Å². The van der Waals surface area contributed by atoms with Crippen LogP contribution in [0.4, 0.5) is 17.1 Å². The predicted octanol–water partition coefficient (Wildman–Crippen LogP) is 6.39. The lowest BCUT2D eigenvalue weighted by molar-refractivity contribution is -0.142. The summed E-state index contributed by atoms with van der Waals surface area (Å²) < 4.78 is 5.49. The lowest BCUT2D eigenvalue weighted by atomic mass is 9.82. The minimum Gasteiger partial charge on any atom is -0.466 e. The van der Waals surface area contributed by atoms with Gasteiger partial charge in [-0.25, -0.2) is 0 Å². The van der Waals surface area contributed by atoms with Gasteiger partial charge in [-0.15, -0.1) is 0 Å². The molecule has 0 saturated carbocycles. The SMILES string of the molecule is CCOC(=O)CCN1/C(=C\C=C2\SC(=S)N(CC(=O)Nc3ccc4c(c3)C(C)(C)C(C)=N4)C2=O)C(C)(C)c2ccccc21. The lowest BCUT2D eigenvalue weighted by Gasteiger charge is -2.26. The van der Waals surface area contributed by atoms with Crippen LogP contribution in [0, 0.1) is 0 Å². The Balaban J connectivity index is 1.31. The van der Waals surface area contributed by atoms with Crippen molar-refractivity contribution in [3.63, 3.8) is 0 Å². The molecule has 1 saturated heterocycles. The number of para-hydroxylation sites is 1. The number of aliphatic imine (C=N–C) groups is 1. The number of nitrogens with zero attached hydrogens (tertiary/aromatic N) is 3. The smallest absolute Gasteiger partial charge is 0.307 e. The largest absolute Gasteiger partial charge is 0.466 e. The second kappa shape index (κ2) is 11.7. The van der Waals surface area contributed by atoms with Crippen LogP contribution in [-0.4, -0.2) is 52.4 Å². The summed E-state index contributed by atoms with van der Waals surface area (Å²) in [6, 6.07) is 13.8. The van der Waals surface area contributed by atoms with E-state index < -0.39 is 0 Å². The fourth-order valence-electron chi connectivity index (χ4n) is 5.69. The third-order valence-corrected chi connectivity index (χ3v) is 9.75. The Kier molecular flexibility index (Phi) is 8.37. The van der Waals surface area contributed by atoms with Crippen LogP contribution in [0.25, 0.3) is 0 Å². The third kappa shape index (κ3) is 5.78. The number of ether oxygens (including phenoxy) is 1. The first-order valence-corrected chi connectivity index (χ1v) is 15.6. The molecule has 10 heteroatoms. The van der Waals surface area contributed by atoms with Gasteiger partial charge in [0.2, 0.25) is 5.91 Å². The number of carbonyl (C=O) groups is 3. The van der Waals surface area contributed by atoms with Crippen LogP contribution in [-0.2, 0) is 30.0 Å². The van der Waals surface area contributed by atoms with Crippen molar-refractivity contribution >= 4 is 68.9 Å². The van der Waals surface area contributed by atoms with Crippen LogP contribution in [0.5, 0.6) is 0 Å². The Hall–Kier alpha value is -3.76. The highest BCUT2D eigenvalue weighted by Gasteiger charge is 2.40. The van der Waals surface area contributed by atoms with E-state index >= 15 is 0 Å². The van der Waals surface area contributed by atoms with Crippen LogP contribution >= 0.6 is 24.0 Å². The lowest BCUT2D eigenvalue weighted by Crippen LogP contribution is -2.36. The van der Waals surface area contributed by atoms with Gasteiger partial charge in [0.1, 0.15) is 10.9 Å². The third-order valence-electron chi connectivity index (χ3n) is 8.36. The van der Waals surface area contributed by atoms with E-state index in [1.165, 1.54) is 16.7 Å². The monoisotopic (exact) mass is 616 g/mol. The van der Waals surface area contributed by atoms with Gasteiger partial charge in [-0.1, -0.05) is 69.9 Å². The Morgan fingerprint density at radius 2 is 1.79 bits per heavy atom. The molecule has 3 aliphatic heterocycles. The van der Waals surface area contributed by atoms with Gasteiger partial charge in [-0.2, -0.15) is 0 Å². The summed E-state index contributed by atoms with van der Waals surface area (Å²) in [6.07, 6.45) is 3.93. The number of amides is 2.